The monoisotopic (exact) mass is 433 g/mol. The number of anilines is 1. The normalized spacial score (nSPS) is 18.1. The van der Waals surface area contributed by atoms with E-state index in [9.17, 15) is 4.79 Å². The molecule has 2 atom stereocenters. The molecule has 2 unspecified atom stereocenters. The van der Waals surface area contributed by atoms with Crippen LogP contribution < -0.4 is 10.6 Å². The van der Waals surface area contributed by atoms with Gasteiger partial charge in [0.05, 0.1) is 17.8 Å². The molecule has 3 aromatic rings. The number of benzene rings is 1. The van der Waals surface area contributed by atoms with Crippen LogP contribution in [0.3, 0.4) is 0 Å². The average molecular weight is 434 g/mol. The van der Waals surface area contributed by atoms with Crippen molar-refractivity contribution in [2.45, 2.75) is 38.9 Å². The van der Waals surface area contributed by atoms with Gasteiger partial charge in [-0.05, 0) is 62.5 Å². The molecule has 31 heavy (non-hydrogen) atoms. The fourth-order valence-electron chi connectivity index (χ4n) is 4.03. The minimum atomic E-state index is -0.0749. The summed E-state index contributed by atoms with van der Waals surface area (Å²) in [6, 6.07) is 17.8. The number of amides is 1. The molecule has 6 nitrogen and oxygen atoms in total. The molecular weight excluding hydrogens is 406 g/mol. The Hall–Kier alpha value is -3.19. The van der Waals surface area contributed by atoms with Crippen LogP contribution in [-0.2, 0) is 11.3 Å². The zero-order chi connectivity index (χ0) is 21.8. The summed E-state index contributed by atoms with van der Waals surface area (Å²) < 4.78 is 2.22. The minimum absolute atomic E-state index is 0.0300. The number of carbonyl (C=O) groups is 1. The van der Waals surface area contributed by atoms with E-state index in [0.29, 0.717) is 18.1 Å². The summed E-state index contributed by atoms with van der Waals surface area (Å²) in [6.45, 7) is 5.53. The number of thiocarbonyl (C=S) groups is 1. The zero-order valence-electron chi connectivity index (χ0n) is 17.8. The lowest BCUT2D eigenvalue weighted by Crippen LogP contribution is -2.33. The Labute approximate surface area is 188 Å². The molecule has 0 spiro atoms. The second kappa shape index (κ2) is 9.31. The van der Waals surface area contributed by atoms with Crippen LogP contribution in [0.5, 0.6) is 0 Å². The van der Waals surface area contributed by atoms with Crippen LogP contribution in [-0.4, -0.2) is 32.0 Å². The fourth-order valence-corrected chi connectivity index (χ4v) is 4.37. The van der Waals surface area contributed by atoms with E-state index in [4.69, 9.17) is 12.2 Å². The van der Waals surface area contributed by atoms with E-state index in [-0.39, 0.29) is 18.0 Å². The first-order valence-electron chi connectivity index (χ1n) is 10.6. The summed E-state index contributed by atoms with van der Waals surface area (Å²) in [5, 5.41) is 7.06. The molecule has 1 aliphatic rings. The first-order chi connectivity index (χ1) is 15.1. The van der Waals surface area contributed by atoms with Crippen molar-refractivity contribution >= 4 is 28.9 Å². The third-order valence-corrected chi connectivity index (χ3v) is 5.97. The number of nitrogens with one attached hydrogen (secondary N) is 2. The van der Waals surface area contributed by atoms with Gasteiger partial charge in [0.15, 0.2) is 5.11 Å². The van der Waals surface area contributed by atoms with Gasteiger partial charge in [0, 0.05) is 43.3 Å². The van der Waals surface area contributed by atoms with E-state index < -0.39 is 0 Å². The summed E-state index contributed by atoms with van der Waals surface area (Å²) >= 11 is 5.69. The number of nitrogens with zero attached hydrogens (tertiary/aromatic N) is 3. The van der Waals surface area contributed by atoms with Crippen molar-refractivity contribution in [3.63, 3.8) is 0 Å². The number of aromatic nitrogens is 2. The Morgan fingerprint density at radius 3 is 2.68 bits per heavy atom. The van der Waals surface area contributed by atoms with Gasteiger partial charge in [0.2, 0.25) is 5.91 Å². The summed E-state index contributed by atoms with van der Waals surface area (Å²) in [6.07, 6.45) is 4.22. The smallest absolute Gasteiger partial charge is 0.226 e. The molecule has 1 amide bonds. The number of carbonyl (C=O) groups excluding carboxylic acids is 1. The quantitative estimate of drug-likeness (QED) is 0.547. The van der Waals surface area contributed by atoms with Crippen LogP contribution >= 0.6 is 12.2 Å². The maximum Gasteiger partial charge on any atom is 0.226 e. The van der Waals surface area contributed by atoms with Gasteiger partial charge in [-0.15, -0.1) is 0 Å². The molecule has 4 rings (SSSR count). The van der Waals surface area contributed by atoms with Gasteiger partial charge in [-0.1, -0.05) is 23.8 Å². The van der Waals surface area contributed by atoms with Crippen molar-refractivity contribution in [3.05, 3.63) is 83.9 Å². The number of hydrogen-bond acceptors (Lipinski definition) is 3. The van der Waals surface area contributed by atoms with Crippen molar-refractivity contribution < 1.29 is 4.79 Å². The largest absolute Gasteiger partial charge is 0.352 e. The Morgan fingerprint density at radius 2 is 1.97 bits per heavy atom. The number of hydrogen-bond donors (Lipinski definition) is 2. The van der Waals surface area contributed by atoms with Crippen LogP contribution in [0.25, 0.3) is 0 Å². The summed E-state index contributed by atoms with van der Waals surface area (Å²) in [4.78, 5) is 19.3. The van der Waals surface area contributed by atoms with Crippen molar-refractivity contribution in [1.29, 1.82) is 0 Å². The number of rotatable bonds is 7. The van der Waals surface area contributed by atoms with Crippen molar-refractivity contribution in [1.82, 2.24) is 19.8 Å². The van der Waals surface area contributed by atoms with Gasteiger partial charge in [-0.2, -0.15) is 0 Å². The predicted octanol–water partition coefficient (Wildman–Crippen LogP) is 4.21. The molecule has 2 aromatic heterocycles. The van der Waals surface area contributed by atoms with Gasteiger partial charge in [-0.25, -0.2) is 0 Å². The average Bonchev–Trinajstić information content (AvgIpc) is 3.38. The summed E-state index contributed by atoms with van der Waals surface area (Å²) in [5.74, 6) is -0.0300. The van der Waals surface area contributed by atoms with Crippen LogP contribution in [0, 0.1) is 6.92 Å². The molecule has 1 aromatic carbocycles. The highest BCUT2D eigenvalue weighted by Gasteiger charge is 2.40. The van der Waals surface area contributed by atoms with Crippen molar-refractivity contribution in [2.24, 2.45) is 0 Å². The zero-order valence-corrected chi connectivity index (χ0v) is 18.6. The first-order valence-corrected chi connectivity index (χ1v) is 11.0. The molecule has 1 saturated heterocycles. The molecule has 0 aliphatic carbocycles. The van der Waals surface area contributed by atoms with Gasteiger partial charge in [-0.3, -0.25) is 9.78 Å². The van der Waals surface area contributed by atoms with E-state index in [1.54, 1.807) is 6.20 Å². The fraction of sp³-hybridized carbons (Fsp3) is 0.292. The Kier molecular flexibility index (Phi) is 6.32. The maximum absolute atomic E-state index is 12.6. The van der Waals surface area contributed by atoms with Gasteiger partial charge >= 0.3 is 0 Å². The lowest BCUT2D eigenvalue weighted by molar-refractivity contribution is -0.116. The highest BCUT2D eigenvalue weighted by molar-refractivity contribution is 7.80. The lowest BCUT2D eigenvalue weighted by atomic mass is 10.0. The molecule has 0 bridgehead atoms. The molecule has 0 radical (unpaired) electrons. The van der Waals surface area contributed by atoms with Crippen LogP contribution in [0.1, 0.15) is 42.4 Å². The SMILES string of the molecule is CCn1cccc1C1C(c2ccccn2)NC(=S)N1CCC(=O)Nc1ccc(C)cc1. The molecule has 3 heterocycles. The Bertz CT molecular complexity index is 1050. The second-order valence-corrected chi connectivity index (χ2v) is 8.09. The standard InChI is InChI=1S/C24H27N5OS/c1-3-28-15-6-8-20(28)23-22(19-7-4-5-14-25-19)27-24(31)29(23)16-13-21(30)26-18-11-9-17(2)10-12-18/h4-12,14-15,22-23H,3,13,16H2,1-2H3,(H,26,30)(H,27,31). The van der Waals surface area contributed by atoms with Crippen LogP contribution in [0.15, 0.2) is 67.0 Å². The Balaban J connectivity index is 1.54. The minimum Gasteiger partial charge on any atom is -0.352 e. The Morgan fingerprint density at radius 1 is 1.16 bits per heavy atom. The van der Waals surface area contributed by atoms with Gasteiger partial charge in [0.1, 0.15) is 0 Å². The third kappa shape index (κ3) is 4.61. The highest BCUT2D eigenvalue weighted by atomic mass is 32.1. The third-order valence-electron chi connectivity index (χ3n) is 5.62. The highest BCUT2D eigenvalue weighted by Crippen LogP contribution is 2.38. The molecule has 2 N–H and O–H groups in total. The maximum atomic E-state index is 12.6. The number of aryl methyl sites for hydroxylation is 2. The molecule has 7 heteroatoms. The van der Waals surface area contributed by atoms with Crippen LogP contribution in [0.4, 0.5) is 5.69 Å². The van der Waals surface area contributed by atoms with Gasteiger partial charge < -0.3 is 20.1 Å². The van der Waals surface area contributed by atoms with E-state index in [2.05, 4.69) is 50.3 Å². The molecule has 0 saturated carbocycles. The topological polar surface area (TPSA) is 62.2 Å². The van der Waals surface area contributed by atoms with E-state index in [0.717, 1.165) is 29.2 Å². The van der Waals surface area contributed by atoms with Crippen LogP contribution in [0.2, 0.25) is 0 Å². The molecule has 1 fully saturated rings. The van der Waals surface area contributed by atoms with Crippen molar-refractivity contribution in [2.75, 3.05) is 11.9 Å². The predicted molar refractivity (Wildman–Crippen MR) is 127 cm³/mol. The molecule has 160 valence electrons. The van der Waals surface area contributed by atoms with E-state index in [1.807, 2.05) is 49.4 Å². The van der Waals surface area contributed by atoms with E-state index in [1.165, 1.54) is 0 Å². The second-order valence-electron chi connectivity index (χ2n) is 7.70. The van der Waals surface area contributed by atoms with Crippen molar-refractivity contribution in [3.8, 4) is 0 Å². The first kappa shape index (κ1) is 21.1. The molecule has 1 aliphatic heterocycles. The summed E-state index contributed by atoms with van der Waals surface area (Å²) in [7, 11) is 0. The lowest BCUT2D eigenvalue weighted by Gasteiger charge is -2.28. The van der Waals surface area contributed by atoms with E-state index >= 15 is 0 Å². The van der Waals surface area contributed by atoms with Gasteiger partial charge in [0.25, 0.3) is 0 Å². The molecular formula is C24H27N5OS. The summed E-state index contributed by atoms with van der Waals surface area (Å²) in [5.41, 5.74) is 4.06. The number of pyridine rings is 1.